The minimum atomic E-state index is -0.00711. The van der Waals surface area contributed by atoms with Crippen LogP contribution in [0.3, 0.4) is 0 Å². The third-order valence-electron chi connectivity index (χ3n) is 2.52. The average Bonchev–Trinajstić information content (AvgIpc) is 2.41. The van der Waals surface area contributed by atoms with E-state index in [9.17, 15) is 4.79 Å². The zero-order chi connectivity index (χ0) is 14.4. The van der Waals surface area contributed by atoms with Crippen molar-refractivity contribution in [2.75, 3.05) is 11.1 Å². The maximum absolute atomic E-state index is 11.8. The van der Waals surface area contributed by atoms with Gasteiger partial charge in [0, 0.05) is 20.9 Å². The van der Waals surface area contributed by atoms with Gasteiger partial charge in [-0.15, -0.1) is 11.8 Å². The second-order valence-corrected chi connectivity index (χ2v) is 6.52. The largest absolute Gasteiger partial charge is 0.325 e. The van der Waals surface area contributed by atoms with Crippen LogP contribution in [-0.4, -0.2) is 11.7 Å². The Hall–Kier alpha value is -0.970. The Morgan fingerprint density at radius 3 is 2.65 bits per heavy atom. The number of hydrogen-bond donors (Lipinski definition) is 1. The highest BCUT2D eigenvalue weighted by Gasteiger charge is 2.03. The molecule has 0 fully saturated rings. The molecule has 0 aliphatic carbocycles. The van der Waals surface area contributed by atoms with Gasteiger partial charge in [0.1, 0.15) is 0 Å². The molecule has 2 aromatic carbocycles. The van der Waals surface area contributed by atoms with Crippen LogP contribution >= 0.6 is 39.3 Å². The normalized spacial score (nSPS) is 10.3. The number of halogens is 2. The van der Waals surface area contributed by atoms with E-state index in [0.29, 0.717) is 10.8 Å². The molecule has 0 radical (unpaired) electrons. The summed E-state index contributed by atoms with van der Waals surface area (Å²) in [6.07, 6.45) is 0. The van der Waals surface area contributed by atoms with Crippen LogP contribution in [0.4, 0.5) is 5.69 Å². The summed E-state index contributed by atoms with van der Waals surface area (Å²) < 4.78 is 1.06. The number of thioether (sulfide) groups is 1. The summed E-state index contributed by atoms with van der Waals surface area (Å²) in [5, 5.41) is 3.50. The summed E-state index contributed by atoms with van der Waals surface area (Å²) >= 11 is 10.8. The summed E-state index contributed by atoms with van der Waals surface area (Å²) in [4.78, 5) is 11.8. The molecule has 0 aliphatic rings. The number of carbonyl (C=O) groups excluding carboxylic acids is 1. The Bertz CT molecular complexity index is 589. The van der Waals surface area contributed by atoms with Crippen molar-refractivity contribution in [2.45, 2.75) is 5.75 Å². The third-order valence-corrected chi connectivity index (χ3v) is 4.27. The molecular formula is C15H13BrClNOS. The van der Waals surface area contributed by atoms with Crippen molar-refractivity contribution in [3.63, 3.8) is 0 Å². The molecule has 2 nitrogen and oxygen atoms in total. The highest BCUT2D eigenvalue weighted by Crippen LogP contribution is 2.18. The Balaban J connectivity index is 1.76. The number of rotatable bonds is 5. The zero-order valence-corrected chi connectivity index (χ0v) is 13.8. The summed E-state index contributed by atoms with van der Waals surface area (Å²) in [6, 6.07) is 15.2. The first-order valence-corrected chi connectivity index (χ1v) is 8.33. The fourth-order valence-corrected chi connectivity index (χ4v) is 2.97. The van der Waals surface area contributed by atoms with Gasteiger partial charge in [0.05, 0.1) is 5.75 Å². The molecule has 0 bridgehead atoms. The van der Waals surface area contributed by atoms with E-state index >= 15 is 0 Å². The molecule has 1 amide bonds. The Morgan fingerprint density at radius 2 is 1.95 bits per heavy atom. The van der Waals surface area contributed by atoms with E-state index in [-0.39, 0.29) is 5.91 Å². The van der Waals surface area contributed by atoms with Crippen LogP contribution in [0.25, 0.3) is 0 Å². The predicted molar refractivity (Wildman–Crippen MR) is 90.4 cm³/mol. The summed E-state index contributed by atoms with van der Waals surface area (Å²) in [5.41, 5.74) is 1.96. The maximum atomic E-state index is 11.8. The van der Waals surface area contributed by atoms with Gasteiger partial charge in [-0.2, -0.15) is 0 Å². The smallest absolute Gasteiger partial charge is 0.234 e. The molecule has 0 aromatic heterocycles. The van der Waals surface area contributed by atoms with Gasteiger partial charge in [-0.25, -0.2) is 0 Å². The summed E-state index contributed by atoms with van der Waals surface area (Å²) in [5.74, 6) is 1.23. The van der Waals surface area contributed by atoms with Crippen molar-refractivity contribution in [1.29, 1.82) is 0 Å². The number of benzene rings is 2. The van der Waals surface area contributed by atoms with Gasteiger partial charge in [0.15, 0.2) is 0 Å². The van der Waals surface area contributed by atoms with Crippen molar-refractivity contribution >= 4 is 50.9 Å². The van der Waals surface area contributed by atoms with Crippen molar-refractivity contribution in [1.82, 2.24) is 0 Å². The van der Waals surface area contributed by atoms with E-state index in [4.69, 9.17) is 11.6 Å². The highest BCUT2D eigenvalue weighted by molar-refractivity contribution is 9.10. The van der Waals surface area contributed by atoms with Crippen LogP contribution in [0.2, 0.25) is 5.02 Å². The molecule has 0 unspecified atom stereocenters. The third kappa shape index (κ3) is 5.19. The Labute approximate surface area is 136 Å². The van der Waals surface area contributed by atoms with Crippen molar-refractivity contribution < 1.29 is 4.79 Å². The van der Waals surface area contributed by atoms with E-state index < -0.39 is 0 Å². The second-order valence-electron chi connectivity index (χ2n) is 4.18. The quantitative estimate of drug-likeness (QED) is 0.804. The standard InChI is InChI=1S/C15H13BrClNOS/c16-12-3-1-2-11(8-12)9-20-10-15(19)18-14-6-4-13(17)5-7-14/h1-8H,9-10H2,(H,18,19). The first-order valence-electron chi connectivity index (χ1n) is 6.01. The number of carbonyl (C=O) groups is 1. The molecule has 0 spiro atoms. The van der Waals surface area contributed by atoms with Crippen molar-refractivity contribution in [3.8, 4) is 0 Å². The Kier molecular flexibility index (Phi) is 5.95. The minimum absolute atomic E-state index is 0.00711. The SMILES string of the molecule is O=C(CSCc1cccc(Br)c1)Nc1ccc(Cl)cc1. The highest BCUT2D eigenvalue weighted by atomic mass is 79.9. The van der Waals surface area contributed by atoms with Crippen LogP contribution in [0.1, 0.15) is 5.56 Å². The van der Waals surface area contributed by atoms with Crippen molar-refractivity contribution in [2.24, 2.45) is 0 Å². The van der Waals surface area contributed by atoms with Crippen LogP contribution in [-0.2, 0) is 10.5 Å². The second kappa shape index (κ2) is 7.72. The van der Waals surface area contributed by atoms with Gasteiger partial charge in [-0.3, -0.25) is 4.79 Å². The van der Waals surface area contributed by atoms with Crippen LogP contribution in [0, 0.1) is 0 Å². The van der Waals surface area contributed by atoms with E-state index in [2.05, 4.69) is 33.4 Å². The number of anilines is 1. The molecule has 1 N–H and O–H groups in total. The monoisotopic (exact) mass is 369 g/mol. The molecular weight excluding hydrogens is 358 g/mol. The first kappa shape index (κ1) is 15.4. The van der Waals surface area contributed by atoms with Gasteiger partial charge >= 0.3 is 0 Å². The van der Waals surface area contributed by atoms with Gasteiger partial charge in [0.25, 0.3) is 0 Å². The lowest BCUT2D eigenvalue weighted by Gasteiger charge is -2.05. The van der Waals surface area contributed by atoms with E-state index in [1.165, 1.54) is 5.56 Å². The molecule has 0 saturated carbocycles. The lowest BCUT2D eigenvalue weighted by molar-refractivity contribution is -0.113. The van der Waals surface area contributed by atoms with Gasteiger partial charge < -0.3 is 5.32 Å². The number of amides is 1. The molecule has 0 saturated heterocycles. The molecule has 0 heterocycles. The molecule has 5 heteroatoms. The number of hydrogen-bond acceptors (Lipinski definition) is 2. The van der Waals surface area contributed by atoms with Crippen molar-refractivity contribution in [3.05, 3.63) is 63.6 Å². The molecule has 2 aromatic rings. The zero-order valence-electron chi connectivity index (χ0n) is 10.6. The topological polar surface area (TPSA) is 29.1 Å². The molecule has 2 rings (SSSR count). The molecule has 0 atom stereocenters. The lowest BCUT2D eigenvalue weighted by atomic mass is 10.2. The summed E-state index contributed by atoms with van der Waals surface area (Å²) in [7, 11) is 0. The van der Waals surface area contributed by atoms with Gasteiger partial charge in [0.2, 0.25) is 5.91 Å². The van der Waals surface area contributed by atoms with Crippen LogP contribution in [0.5, 0.6) is 0 Å². The maximum Gasteiger partial charge on any atom is 0.234 e. The first-order chi connectivity index (χ1) is 9.63. The molecule has 104 valence electrons. The van der Waals surface area contributed by atoms with E-state index in [0.717, 1.165) is 15.9 Å². The van der Waals surface area contributed by atoms with E-state index in [1.54, 1.807) is 36.0 Å². The average molecular weight is 371 g/mol. The van der Waals surface area contributed by atoms with Crippen LogP contribution in [0.15, 0.2) is 53.0 Å². The lowest BCUT2D eigenvalue weighted by Crippen LogP contribution is -2.14. The predicted octanol–water partition coefficient (Wildman–Crippen LogP) is 4.97. The van der Waals surface area contributed by atoms with Crippen LogP contribution < -0.4 is 5.32 Å². The molecule has 20 heavy (non-hydrogen) atoms. The van der Waals surface area contributed by atoms with Gasteiger partial charge in [-0.05, 0) is 42.0 Å². The number of nitrogens with one attached hydrogen (secondary N) is 1. The summed E-state index contributed by atoms with van der Waals surface area (Å²) in [6.45, 7) is 0. The minimum Gasteiger partial charge on any atom is -0.325 e. The Morgan fingerprint density at radius 1 is 1.20 bits per heavy atom. The fraction of sp³-hybridized carbons (Fsp3) is 0.133. The fourth-order valence-electron chi connectivity index (χ4n) is 1.62. The van der Waals surface area contributed by atoms with Gasteiger partial charge in [-0.1, -0.05) is 39.7 Å². The molecule has 0 aliphatic heterocycles. The van der Waals surface area contributed by atoms with E-state index in [1.807, 2.05) is 12.1 Å².